The summed E-state index contributed by atoms with van der Waals surface area (Å²) >= 11 is 1.80. The van der Waals surface area contributed by atoms with Gasteiger partial charge in [-0.2, -0.15) is 0 Å². The number of aliphatic imine (C=N–C) groups is 1. The van der Waals surface area contributed by atoms with Gasteiger partial charge in [0.2, 0.25) is 0 Å². The van der Waals surface area contributed by atoms with E-state index in [1.54, 1.807) is 17.6 Å². The van der Waals surface area contributed by atoms with Crippen molar-refractivity contribution in [3.63, 3.8) is 0 Å². The first-order valence-electron chi connectivity index (χ1n) is 10.8. The van der Waals surface area contributed by atoms with Gasteiger partial charge in [0.1, 0.15) is 5.76 Å². The molecule has 2 aromatic heterocycles. The summed E-state index contributed by atoms with van der Waals surface area (Å²) in [6.45, 7) is 3.73. The molecule has 0 bridgehead atoms. The zero-order chi connectivity index (χ0) is 20.4. The van der Waals surface area contributed by atoms with Crippen molar-refractivity contribution in [1.82, 2.24) is 10.6 Å². The number of nitrogens with one attached hydrogen (secondary N) is 2. The van der Waals surface area contributed by atoms with Crippen molar-refractivity contribution in [1.29, 1.82) is 0 Å². The molecule has 1 aliphatic rings. The van der Waals surface area contributed by atoms with Gasteiger partial charge in [0.05, 0.1) is 6.26 Å². The molecular formula is C24H31IN4OS. The Morgan fingerprint density at radius 3 is 2.58 bits per heavy atom. The number of anilines is 1. The lowest BCUT2D eigenvalue weighted by Gasteiger charge is -2.34. The fourth-order valence-electron chi connectivity index (χ4n) is 3.76. The fraction of sp³-hybridized carbons (Fsp3) is 0.375. The number of guanidine groups is 1. The minimum atomic E-state index is 0. The third-order valence-corrected chi connectivity index (χ3v) is 6.35. The molecule has 1 fully saturated rings. The lowest BCUT2D eigenvalue weighted by atomic mass is 10.0. The van der Waals surface area contributed by atoms with Crippen LogP contribution in [0.4, 0.5) is 5.69 Å². The maximum atomic E-state index is 5.44. The average molecular weight is 551 g/mol. The molecule has 0 atom stereocenters. The molecule has 4 rings (SSSR count). The predicted molar refractivity (Wildman–Crippen MR) is 141 cm³/mol. The van der Waals surface area contributed by atoms with Crippen molar-refractivity contribution in [2.75, 3.05) is 31.1 Å². The number of para-hydroxylation sites is 1. The Morgan fingerprint density at radius 2 is 1.87 bits per heavy atom. The van der Waals surface area contributed by atoms with Crippen LogP contribution in [-0.4, -0.2) is 38.2 Å². The summed E-state index contributed by atoms with van der Waals surface area (Å²) in [7, 11) is 0. The highest BCUT2D eigenvalue weighted by Crippen LogP contribution is 2.19. The second kappa shape index (κ2) is 12.8. The first kappa shape index (κ1) is 23.7. The van der Waals surface area contributed by atoms with Crippen LogP contribution in [0.25, 0.3) is 0 Å². The molecule has 0 radical (unpaired) electrons. The summed E-state index contributed by atoms with van der Waals surface area (Å²) in [5.74, 6) is 1.91. The van der Waals surface area contributed by atoms with Crippen molar-refractivity contribution in [2.45, 2.75) is 31.7 Å². The quantitative estimate of drug-likeness (QED) is 0.237. The minimum Gasteiger partial charge on any atom is -0.469 e. The standard InChI is InChI=1S/C24H30N4OS.HI/c1-2-6-21(7-3-1)28-16-12-20(13-17-28)27-24(25-14-10-22-8-4-18-29-22)26-15-11-23-9-5-19-30-23;/h1-9,18-20H,10-17H2,(H2,25,26,27);1H. The van der Waals surface area contributed by atoms with E-state index in [-0.39, 0.29) is 24.0 Å². The van der Waals surface area contributed by atoms with Crippen LogP contribution in [0, 0.1) is 0 Å². The summed E-state index contributed by atoms with van der Waals surface area (Å²) in [6, 6.07) is 19.4. The van der Waals surface area contributed by atoms with E-state index in [9.17, 15) is 0 Å². The molecule has 0 aliphatic carbocycles. The third-order valence-electron chi connectivity index (χ3n) is 5.41. The summed E-state index contributed by atoms with van der Waals surface area (Å²) in [4.78, 5) is 8.69. The van der Waals surface area contributed by atoms with Gasteiger partial charge in [0.15, 0.2) is 5.96 Å². The van der Waals surface area contributed by atoms with E-state index in [0.29, 0.717) is 6.04 Å². The van der Waals surface area contributed by atoms with Crippen LogP contribution in [-0.2, 0) is 12.8 Å². The van der Waals surface area contributed by atoms with Crippen LogP contribution in [0.5, 0.6) is 0 Å². The second-order valence-corrected chi connectivity index (χ2v) is 8.59. The summed E-state index contributed by atoms with van der Waals surface area (Å²) < 4.78 is 5.44. The summed E-state index contributed by atoms with van der Waals surface area (Å²) in [5.41, 5.74) is 1.32. The highest BCUT2D eigenvalue weighted by atomic mass is 127. The van der Waals surface area contributed by atoms with Gasteiger partial charge in [0.25, 0.3) is 0 Å². The number of hydrogen-bond donors (Lipinski definition) is 2. The van der Waals surface area contributed by atoms with Crippen LogP contribution in [0.1, 0.15) is 23.5 Å². The molecule has 5 nitrogen and oxygen atoms in total. The molecule has 7 heteroatoms. The molecule has 3 aromatic rings. The Hall–Kier alpha value is -2.00. The average Bonchev–Trinajstić information content (AvgIpc) is 3.49. The topological polar surface area (TPSA) is 52.8 Å². The van der Waals surface area contributed by atoms with E-state index >= 15 is 0 Å². The molecule has 1 aromatic carbocycles. The fourth-order valence-corrected chi connectivity index (χ4v) is 4.46. The van der Waals surface area contributed by atoms with Gasteiger partial charge in [-0.05, 0) is 48.6 Å². The van der Waals surface area contributed by atoms with Crippen LogP contribution >= 0.6 is 35.3 Å². The molecule has 0 spiro atoms. The Balaban J connectivity index is 0.00000272. The number of halogens is 1. The number of hydrogen-bond acceptors (Lipinski definition) is 4. The number of furan rings is 1. The van der Waals surface area contributed by atoms with E-state index < -0.39 is 0 Å². The number of piperidine rings is 1. The Kier molecular flexibility index (Phi) is 9.74. The molecule has 0 saturated carbocycles. The lowest BCUT2D eigenvalue weighted by molar-refractivity contribution is 0.460. The first-order chi connectivity index (χ1) is 14.9. The highest BCUT2D eigenvalue weighted by Gasteiger charge is 2.20. The van der Waals surface area contributed by atoms with Crippen LogP contribution in [0.15, 0.2) is 75.7 Å². The normalized spacial score (nSPS) is 14.8. The Labute approximate surface area is 206 Å². The molecule has 1 aliphatic heterocycles. The zero-order valence-corrected chi connectivity index (χ0v) is 20.9. The van der Waals surface area contributed by atoms with Gasteiger partial charge >= 0.3 is 0 Å². The number of thiophene rings is 1. The predicted octanol–water partition coefficient (Wildman–Crippen LogP) is 4.95. The maximum Gasteiger partial charge on any atom is 0.191 e. The molecule has 166 valence electrons. The SMILES string of the molecule is I.c1ccc(N2CCC(NC(=NCCc3cccs3)NCCc3ccco3)CC2)cc1. The zero-order valence-electron chi connectivity index (χ0n) is 17.7. The number of nitrogens with zero attached hydrogens (tertiary/aromatic N) is 2. The molecule has 0 amide bonds. The molecule has 3 heterocycles. The second-order valence-electron chi connectivity index (χ2n) is 7.56. The number of benzene rings is 1. The Morgan fingerprint density at radius 1 is 1.03 bits per heavy atom. The van der Waals surface area contributed by atoms with Crippen LogP contribution < -0.4 is 15.5 Å². The summed E-state index contributed by atoms with van der Waals surface area (Å²) in [6.07, 6.45) is 5.78. The van der Waals surface area contributed by atoms with Crippen molar-refractivity contribution >= 4 is 47.0 Å². The van der Waals surface area contributed by atoms with Crippen molar-refractivity contribution in [2.24, 2.45) is 4.99 Å². The van der Waals surface area contributed by atoms with E-state index in [0.717, 1.165) is 63.6 Å². The van der Waals surface area contributed by atoms with E-state index in [1.807, 2.05) is 12.1 Å². The molecule has 1 saturated heterocycles. The monoisotopic (exact) mass is 550 g/mol. The van der Waals surface area contributed by atoms with Crippen molar-refractivity contribution in [3.8, 4) is 0 Å². The molecule has 0 unspecified atom stereocenters. The highest BCUT2D eigenvalue weighted by molar-refractivity contribution is 14.0. The van der Waals surface area contributed by atoms with Gasteiger partial charge in [-0.15, -0.1) is 35.3 Å². The first-order valence-corrected chi connectivity index (χ1v) is 11.6. The van der Waals surface area contributed by atoms with Gasteiger partial charge in [-0.25, -0.2) is 0 Å². The van der Waals surface area contributed by atoms with Crippen LogP contribution in [0.2, 0.25) is 0 Å². The van der Waals surface area contributed by atoms with Crippen LogP contribution in [0.3, 0.4) is 0 Å². The smallest absolute Gasteiger partial charge is 0.191 e. The van der Waals surface area contributed by atoms with Gasteiger partial charge < -0.3 is 20.0 Å². The van der Waals surface area contributed by atoms with E-state index in [1.165, 1.54) is 10.6 Å². The number of rotatable bonds is 8. The third kappa shape index (κ3) is 7.57. The van der Waals surface area contributed by atoms with E-state index in [2.05, 4.69) is 63.4 Å². The van der Waals surface area contributed by atoms with Crippen molar-refractivity contribution < 1.29 is 4.42 Å². The van der Waals surface area contributed by atoms with E-state index in [4.69, 9.17) is 9.41 Å². The lowest BCUT2D eigenvalue weighted by Crippen LogP contribution is -2.49. The van der Waals surface area contributed by atoms with Gasteiger partial charge in [-0.1, -0.05) is 24.3 Å². The van der Waals surface area contributed by atoms with Gasteiger partial charge in [0, 0.05) is 55.6 Å². The molecule has 31 heavy (non-hydrogen) atoms. The molecule has 2 N–H and O–H groups in total. The molecular weight excluding hydrogens is 519 g/mol. The Bertz CT molecular complexity index is 876. The van der Waals surface area contributed by atoms with Crippen molar-refractivity contribution in [3.05, 3.63) is 76.9 Å². The largest absolute Gasteiger partial charge is 0.469 e. The summed E-state index contributed by atoms with van der Waals surface area (Å²) in [5, 5.41) is 9.30. The van der Waals surface area contributed by atoms with Gasteiger partial charge in [-0.3, -0.25) is 4.99 Å². The maximum absolute atomic E-state index is 5.44. The minimum absolute atomic E-state index is 0.